The van der Waals surface area contributed by atoms with E-state index >= 15 is 0 Å². The molecule has 0 saturated carbocycles. The smallest absolute Gasteiger partial charge is 0.270 e. The van der Waals surface area contributed by atoms with Gasteiger partial charge in [-0.15, -0.1) is 0 Å². The number of non-ortho nitro benzene ring substituents is 1. The number of halogens is 1. The number of nitrogens with one attached hydrogen (secondary N) is 1. The highest BCUT2D eigenvalue weighted by atomic mass is 35.5. The Balaban J connectivity index is 2.57. The second kappa shape index (κ2) is 6.84. The third kappa shape index (κ3) is 5.14. The molecule has 0 unspecified atom stereocenters. The van der Waals surface area contributed by atoms with Crippen LogP contribution in [-0.4, -0.2) is 23.7 Å². The van der Waals surface area contributed by atoms with E-state index in [0.29, 0.717) is 24.7 Å². The van der Waals surface area contributed by atoms with Gasteiger partial charge in [-0.05, 0) is 32.4 Å². The molecule has 0 radical (unpaired) electrons. The SMILES string of the molecule is CCOC(C)(C)CNCc1ccc([N+](=O)[O-])cc1Cl. The molecule has 1 aromatic rings. The van der Waals surface area contributed by atoms with Crippen LogP contribution in [0.5, 0.6) is 0 Å². The van der Waals surface area contributed by atoms with Gasteiger partial charge in [0.2, 0.25) is 0 Å². The number of benzene rings is 1. The number of nitrogens with zero attached hydrogens (tertiary/aromatic N) is 1. The average molecular weight is 287 g/mol. The monoisotopic (exact) mass is 286 g/mol. The van der Waals surface area contributed by atoms with Crippen molar-refractivity contribution in [2.75, 3.05) is 13.2 Å². The summed E-state index contributed by atoms with van der Waals surface area (Å²) in [5.74, 6) is 0. The highest BCUT2D eigenvalue weighted by molar-refractivity contribution is 6.31. The molecule has 1 rings (SSSR count). The van der Waals surface area contributed by atoms with Crippen LogP contribution in [0.4, 0.5) is 5.69 Å². The van der Waals surface area contributed by atoms with Gasteiger partial charge < -0.3 is 10.1 Å². The molecule has 1 aromatic carbocycles. The molecule has 0 bridgehead atoms. The van der Waals surface area contributed by atoms with E-state index in [2.05, 4.69) is 5.32 Å². The summed E-state index contributed by atoms with van der Waals surface area (Å²) in [5.41, 5.74) is 0.588. The standard InChI is InChI=1S/C13H19ClN2O3/c1-4-19-13(2,3)9-15-8-10-5-6-11(16(17)18)7-12(10)14/h5-7,15H,4,8-9H2,1-3H3. The highest BCUT2D eigenvalue weighted by Gasteiger charge is 2.17. The first-order valence-corrected chi connectivity index (χ1v) is 6.51. The van der Waals surface area contributed by atoms with Crippen LogP contribution in [0.15, 0.2) is 18.2 Å². The van der Waals surface area contributed by atoms with E-state index in [9.17, 15) is 10.1 Å². The van der Waals surface area contributed by atoms with Gasteiger partial charge in [-0.3, -0.25) is 10.1 Å². The van der Waals surface area contributed by atoms with Gasteiger partial charge >= 0.3 is 0 Å². The lowest BCUT2D eigenvalue weighted by atomic mass is 10.1. The van der Waals surface area contributed by atoms with Gasteiger partial charge in [-0.25, -0.2) is 0 Å². The molecule has 0 aliphatic rings. The average Bonchev–Trinajstić information content (AvgIpc) is 2.30. The van der Waals surface area contributed by atoms with Crippen LogP contribution < -0.4 is 5.32 Å². The molecule has 5 nitrogen and oxygen atoms in total. The topological polar surface area (TPSA) is 64.4 Å². The molecular weight excluding hydrogens is 268 g/mol. The first-order chi connectivity index (χ1) is 8.85. The maximum absolute atomic E-state index is 10.6. The summed E-state index contributed by atoms with van der Waals surface area (Å²) < 4.78 is 5.56. The molecule has 0 aliphatic carbocycles. The molecule has 0 fully saturated rings. The maximum Gasteiger partial charge on any atom is 0.270 e. The number of hydrogen-bond acceptors (Lipinski definition) is 4. The number of ether oxygens (including phenoxy) is 1. The molecule has 19 heavy (non-hydrogen) atoms. The Labute approximate surface area is 118 Å². The van der Waals surface area contributed by atoms with Crippen molar-refractivity contribution < 1.29 is 9.66 Å². The number of rotatable bonds is 7. The van der Waals surface area contributed by atoms with Crippen molar-refractivity contribution in [2.24, 2.45) is 0 Å². The Morgan fingerprint density at radius 3 is 2.68 bits per heavy atom. The predicted molar refractivity (Wildman–Crippen MR) is 75.5 cm³/mol. The van der Waals surface area contributed by atoms with E-state index in [1.807, 2.05) is 20.8 Å². The van der Waals surface area contributed by atoms with E-state index in [-0.39, 0.29) is 11.3 Å². The van der Waals surface area contributed by atoms with Gasteiger partial charge in [0, 0.05) is 31.8 Å². The van der Waals surface area contributed by atoms with Crippen LogP contribution in [0.3, 0.4) is 0 Å². The molecule has 106 valence electrons. The lowest BCUT2D eigenvalue weighted by Crippen LogP contribution is -2.37. The van der Waals surface area contributed by atoms with Crippen LogP contribution >= 0.6 is 11.6 Å². The zero-order valence-electron chi connectivity index (χ0n) is 11.4. The molecule has 0 aromatic heterocycles. The zero-order valence-corrected chi connectivity index (χ0v) is 12.2. The van der Waals surface area contributed by atoms with Crippen LogP contribution in [0.1, 0.15) is 26.3 Å². The lowest BCUT2D eigenvalue weighted by molar-refractivity contribution is -0.384. The number of nitro benzene ring substituents is 1. The summed E-state index contributed by atoms with van der Waals surface area (Å²) in [6.45, 7) is 7.84. The van der Waals surface area contributed by atoms with Gasteiger partial charge in [-0.2, -0.15) is 0 Å². The van der Waals surface area contributed by atoms with E-state index < -0.39 is 4.92 Å². The normalized spacial score (nSPS) is 11.6. The molecule has 0 heterocycles. The third-order valence-corrected chi connectivity index (χ3v) is 3.00. The summed E-state index contributed by atoms with van der Waals surface area (Å²) in [6, 6.07) is 4.49. The Morgan fingerprint density at radius 1 is 1.47 bits per heavy atom. The first-order valence-electron chi connectivity index (χ1n) is 6.13. The van der Waals surface area contributed by atoms with Crippen LogP contribution in [0.2, 0.25) is 5.02 Å². The fraction of sp³-hybridized carbons (Fsp3) is 0.538. The number of nitro groups is 1. The minimum absolute atomic E-state index is 0.00314. The third-order valence-electron chi connectivity index (χ3n) is 2.65. The van der Waals surface area contributed by atoms with Crippen molar-refractivity contribution in [3.05, 3.63) is 38.9 Å². The molecule has 6 heteroatoms. The molecule has 1 N–H and O–H groups in total. The quantitative estimate of drug-likeness (QED) is 0.618. The zero-order chi connectivity index (χ0) is 14.5. The first kappa shape index (κ1) is 15.9. The minimum Gasteiger partial charge on any atom is -0.375 e. The molecular formula is C13H19ClN2O3. The largest absolute Gasteiger partial charge is 0.375 e. The van der Waals surface area contributed by atoms with Gasteiger partial charge in [0.1, 0.15) is 0 Å². The molecule has 0 saturated heterocycles. The van der Waals surface area contributed by atoms with Crippen molar-refractivity contribution in [3.8, 4) is 0 Å². The fourth-order valence-corrected chi connectivity index (χ4v) is 1.97. The van der Waals surface area contributed by atoms with Crippen molar-refractivity contribution in [1.29, 1.82) is 0 Å². The Kier molecular flexibility index (Phi) is 5.72. The summed E-state index contributed by atoms with van der Waals surface area (Å²) in [5, 5.41) is 14.2. The van der Waals surface area contributed by atoms with Crippen molar-refractivity contribution >= 4 is 17.3 Å². The van der Waals surface area contributed by atoms with Crippen LogP contribution in [0, 0.1) is 10.1 Å². The number of hydrogen-bond donors (Lipinski definition) is 1. The van der Waals surface area contributed by atoms with Gasteiger partial charge in [-0.1, -0.05) is 11.6 Å². The predicted octanol–water partition coefficient (Wildman–Crippen LogP) is 3.15. The highest BCUT2D eigenvalue weighted by Crippen LogP contribution is 2.22. The summed E-state index contributed by atoms with van der Waals surface area (Å²) in [7, 11) is 0. The second-order valence-electron chi connectivity index (χ2n) is 4.83. The summed E-state index contributed by atoms with van der Waals surface area (Å²) in [4.78, 5) is 10.1. The van der Waals surface area contributed by atoms with E-state index in [1.165, 1.54) is 12.1 Å². The van der Waals surface area contributed by atoms with Gasteiger partial charge in [0.05, 0.1) is 15.5 Å². The summed E-state index contributed by atoms with van der Waals surface area (Å²) >= 11 is 6.01. The van der Waals surface area contributed by atoms with Gasteiger partial charge in [0.25, 0.3) is 5.69 Å². The Morgan fingerprint density at radius 2 is 2.16 bits per heavy atom. The molecule has 0 atom stereocenters. The van der Waals surface area contributed by atoms with E-state index in [4.69, 9.17) is 16.3 Å². The second-order valence-corrected chi connectivity index (χ2v) is 5.24. The van der Waals surface area contributed by atoms with Crippen molar-refractivity contribution in [3.63, 3.8) is 0 Å². The van der Waals surface area contributed by atoms with E-state index in [1.54, 1.807) is 6.07 Å². The van der Waals surface area contributed by atoms with Crippen molar-refractivity contribution in [1.82, 2.24) is 5.32 Å². The lowest BCUT2D eigenvalue weighted by Gasteiger charge is -2.25. The molecule has 0 spiro atoms. The fourth-order valence-electron chi connectivity index (χ4n) is 1.73. The maximum atomic E-state index is 10.6. The Bertz CT molecular complexity index is 450. The Hall–Kier alpha value is -1.17. The van der Waals surface area contributed by atoms with Gasteiger partial charge in [0.15, 0.2) is 0 Å². The molecule has 0 aliphatic heterocycles. The molecule has 0 amide bonds. The summed E-state index contributed by atoms with van der Waals surface area (Å²) in [6.07, 6.45) is 0. The van der Waals surface area contributed by atoms with Crippen molar-refractivity contribution in [2.45, 2.75) is 32.9 Å². The van der Waals surface area contributed by atoms with Crippen LogP contribution in [-0.2, 0) is 11.3 Å². The van der Waals surface area contributed by atoms with E-state index in [0.717, 1.165) is 5.56 Å². The van der Waals surface area contributed by atoms with Crippen LogP contribution in [0.25, 0.3) is 0 Å². The minimum atomic E-state index is -0.457.